The van der Waals surface area contributed by atoms with Gasteiger partial charge in [0, 0.05) is 6.07 Å². The number of halogens is 3. The van der Waals surface area contributed by atoms with E-state index in [1.807, 2.05) is 25.1 Å². The van der Waals surface area contributed by atoms with E-state index in [2.05, 4.69) is 6.92 Å². The number of nitrogens with zero attached hydrogens (tertiary/aromatic N) is 1. The average molecular weight is 558 g/mol. The SMILES string of the molecule is CCCCOc1ccc(-c2sc3c(C4CC4)c(CC4=CC(C(F)(F)F)CC=C4)cc(=O)n3c2C(=O)O)cc1C. The summed E-state index contributed by atoms with van der Waals surface area (Å²) in [6, 6.07) is 6.91. The normalized spacial score (nSPS) is 17.5. The molecular weight excluding hydrogens is 527 g/mol. The van der Waals surface area contributed by atoms with Crippen LogP contribution in [0.5, 0.6) is 5.75 Å². The Morgan fingerprint density at radius 1 is 1.23 bits per heavy atom. The molecule has 1 fully saturated rings. The molecule has 0 radical (unpaired) electrons. The van der Waals surface area contributed by atoms with Crippen molar-refractivity contribution in [1.82, 2.24) is 4.40 Å². The molecule has 9 heteroatoms. The van der Waals surface area contributed by atoms with Crippen LogP contribution in [0.2, 0.25) is 0 Å². The fourth-order valence-corrected chi connectivity index (χ4v) is 6.54. The van der Waals surface area contributed by atoms with Crippen molar-refractivity contribution in [3.8, 4) is 16.2 Å². The maximum absolute atomic E-state index is 13.4. The van der Waals surface area contributed by atoms with Crippen molar-refractivity contribution in [2.45, 2.75) is 64.5 Å². The van der Waals surface area contributed by atoms with Crippen molar-refractivity contribution in [2.75, 3.05) is 6.61 Å². The first-order chi connectivity index (χ1) is 18.6. The van der Waals surface area contributed by atoms with Crippen LogP contribution in [0.3, 0.4) is 0 Å². The Kier molecular flexibility index (Phi) is 7.46. The molecule has 5 rings (SSSR count). The second kappa shape index (κ2) is 10.7. The summed E-state index contributed by atoms with van der Waals surface area (Å²) in [6.45, 7) is 4.58. The molecule has 39 heavy (non-hydrogen) atoms. The number of carboxylic acid groups (broad SMARTS) is 1. The number of alkyl halides is 3. The number of ether oxygens (including phenoxy) is 1. The van der Waals surface area contributed by atoms with Crippen LogP contribution >= 0.6 is 11.3 Å². The van der Waals surface area contributed by atoms with Gasteiger partial charge in [-0.25, -0.2) is 4.79 Å². The van der Waals surface area contributed by atoms with Crippen LogP contribution in [0.25, 0.3) is 15.3 Å². The number of hydrogen-bond donors (Lipinski definition) is 1. The fraction of sp³-hybridized carbons (Fsp3) is 0.400. The number of fused-ring (bicyclic) bond motifs is 1. The number of aromatic carboxylic acids is 1. The lowest BCUT2D eigenvalue weighted by Crippen LogP contribution is -2.22. The van der Waals surface area contributed by atoms with E-state index < -0.39 is 23.6 Å². The minimum atomic E-state index is -4.33. The van der Waals surface area contributed by atoms with Gasteiger partial charge in [0.05, 0.1) is 17.4 Å². The first kappa shape index (κ1) is 27.2. The lowest BCUT2D eigenvalue weighted by molar-refractivity contribution is -0.160. The number of aryl methyl sites for hydroxylation is 1. The maximum Gasteiger partial charge on any atom is 0.395 e. The number of carboxylic acids is 1. The Hall–Kier alpha value is -3.33. The molecule has 2 aliphatic carbocycles. The summed E-state index contributed by atoms with van der Waals surface area (Å²) >= 11 is 1.26. The van der Waals surface area contributed by atoms with Crippen LogP contribution in [0, 0.1) is 12.8 Å². The summed E-state index contributed by atoms with van der Waals surface area (Å²) in [5.41, 5.74) is 3.00. The number of hydrogen-bond acceptors (Lipinski definition) is 4. The van der Waals surface area contributed by atoms with Crippen molar-refractivity contribution < 1.29 is 27.8 Å². The molecule has 0 saturated heterocycles. The van der Waals surface area contributed by atoms with Crippen molar-refractivity contribution in [3.05, 3.63) is 80.8 Å². The van der Waals surface area contributed by atoms with Gasteiger partial charge in [0.15, 0.2) is 5.69 Å². The van der Waals surface area contributed by atoms with Crippen LogP contribution in [0.4, 0.5) is 13.2 Å². The van der Waals surface area contributed by atoms with Gasteiger partial charge in [0.2, 0.25) is 0 Å². The third-order valence-corrected chi connectivity index (χ3v) is 8.50. The Labute approximate surface area is 228 Å². The van der Waals surface area contributed by atoms with Crippen molar-refractivity contribution >= 4 is 22.1 Å². The zero-order chi connectivity index (χ0) is 27.9. The number of benzene rings is 1. The zero-order valence-corrected chi connectivity index (χ0v) is 22.6. The smallest absolute Gasteiger partial charge is 0.395 e. The number of unbranched alkanes of at least 4 members (excludes halogenated alkanes) is 1. The molecule has 2 aliphatic rings. The third-order valence-electron chi connectivity index (χ3n) is 7.27. The Bertz CT molecular complexity index is 1540. The summed E-state index contributed by atoms with van der Waals surface area (Å²) in [6.07, 6.45) is 3.95. The van der Waals surface area contributed by atoms with Gasteiger partial charge in [-0.05, 0) is 91.0 Å². The van der Waals surface area contributed by atoms with Crippen molar-refractivity contribution in [1.29, 1.82) is 0 Å². The highest BCUT2D eigenvalue weighted by Crippen LogP contribution is 2.47. The van der Waals surface area contributed by atoms with Gasteiger partial charge < -0.3 is 9.84 Å². The van der Waals surface area contributed by atoms with E-state index in [1.54, 1.807) is 6.08 Å². The summed E-state index contributed by atoms with van der Waals surface area (Å²) in [4.78, 5) is 26.9. The topological polar surface area (TPSA) is 68.0 Å². The molecule has 2 heterocycles. The highest BCUT2D eigenvalue weighted by atomic mass is 32.1. The quantitative estimate of drug-likeness (QED) is 0.274. The highest BCUT2D eigenvalue weighted by molar-refractivity contribution is 7.21. The predicted molar refractivity (Wildman–Crippen MR) is 146 cm³/mol. The number of pyridine rings is 1. The molecule has 0 bridgehead atoms. The largest absolute Gasteiger partial charge is 0.493 e. The minimum Gasteiger partial charge on any atom is -0.493 e. The minimum absolute atomic E-state index is 0.0950. The van der Waals surface area contributed by atoms with Crippen LogP contribution in [0.15, 0.2) is 52.9 Å². The van der Waals surface area contributed by atoms with Gasteiger partial charge in [-0.3, -0.25) is 9.20 Å². The molecule has 1 saturated carbocycles. The van der Waals surface area contributed by atoms with Crippen LogP contribution in [0.1, 0.15) is 72.1 Å². The van der Waals surface area contributed by atoms with E-state index in [0.29, 0.717) is 33.0 Å². The molecular formula is C30H30F3NO4S. The molecule has 0 spiro atoms. The van der Waals surface area contributed by atoms with Crippen LogP contribution in [-0.4, -0.2) is 28.3 Å². The molecule has 1 aromatic carbocycles. The Morgan fingerprint density at radius 3 is 2.64 bits per heavy atom. The number of aromatic nitrogens is 1. The van der Waals surface area contributed by atoms with E-state index in [1.165, 1.54) is 34.0 Å². The Morgan fingerprint density at radius 2 is 2.00 bits per heavy atom. The van der Waals surface area contributed by atoms with Gasteiger partial charge in [0.25, 0.3) is 5.56 Å². The van der Waals surface area contributed by atoms with E-state index in [9.17, 15) is 27.9 Å². The van der Waals surface area contributed by atoms with Gasteiger partial charge in [-0.2, -0.15) is 13.2 Å². The van der Waals surface area contributed by atoms with Gasteiger partial charge in [-0.15, -0.1) is 11.3 Å². The molecule has 1 N–H and O–H groups in total. The standard InChI is InChI=1S/C30H30F3NO4S/c1-3-4-12-38-23-11-10-20(13-17(23)2)27-26(29(36)37)34-24(35)16-21(25(19-8-9-19)28(34)39-27)14-18-6-5-7-22(15-18)30(31,32)33/h5-6,10-11,13,15-16,19,22H,3-4,7-9,12,14H2,1-2H3,(H,36,37). The van der Waals surface area contributed by atoms with E-state index in [4.69, 9.17) is 4.74 Å². The number of allylic oxidation sites excluding steroid dienone is 4. The lowest BCUT2D eigenvalue weighted by atomic mass is 9.90. The van der Waals surface area contributed by atoms with Crippen LogP contribution < -0.4 is 10.3 Å². The van der Waals surface area contributed by atoms with Crippen LogP contribution in [-0.2, 0) is 6.42 Å². The summed E-state index contributed by atoms with van der Waals surface area (Å²) in [7, 11) is 0. The molecule has 206 valence electrons. The second-order valence-electron chi connectivity index (χ2n) is 10.3. The second-order valence-corrected chi connectivity index (χ2v) is 11.3. The molecule has 0 aliphatic heterocycles. The molecule has 1 unspecified atom stereocenters. The lowest BCUT2D eigenvalue weighted by Gasteiger charge is -2.20. The van der Waals surface area contributed by atoms with Gasteiger partial charge in [-0.1, -0.05) is 31.6 Å². The number of thiazole rings is 1. The van der Waals surface area contributed by atoms with Gasteiger partial charge >= 0.3 is 12.1 Å². The zero-order valence-electron chi connectivity index (χ0n) is 21.8. The molecule has 0 amide bonds. The molecule has 2 aromatic heterocycles. The maximum atomic E-state index is 13.4. The molecule has 5 nitrogen and oxygen atoms in total. The monoisotopic (exact) mass is 557 g/mol. The van der Waals surface area contributed by atoms with Crippen molar-refractivity contribution in [2.24, 2.45) is 5.92 Å². The van der Waals surface area contributed by atoms with E-state index in [0.717, 1.165) is 42.6 Å². The molecule has 3 aromatic rings. The number of rotatable bonds is 9. The first-order valence-electron chi connectivity index (χ1n) is 13.2. The summed E-state index contributed by atoms with van der Waals surface area (Å²) < 4.78 is 47.2. The first-order valence-corrected chi connectivity index (χ1v) is 14.0. The molecule has 1 atom stereocenters. The third kappa shape index (κ3) is 5.55. The van der Waals surface area contributed by atoms with E-state index in [-0.39, 0.29) is 24.5 Å². The van der Waals surface area contributed by atoms with Crippen molar-refractivity contribution in [3.63, 3.8) is 0 Å². The van der Waals surface area contributed by atoms with E-state index >= 15 is 0 Å². The Balaban J connectivity index is 1.61. The average Bonchev–Trinajstić information content (AvgIpc) is 3.62. The summed E-state index contributed by atoms with van der Waals surface area (Å²) in [5.74, 6) is -1.88. The van der Waals surface area contributed by atoms with Gasteiger partial charge in [0.1, 0.15) is 10.6 Å². The summed E-state index contributed by atoms with van der Waals surface area (Å²) in [5, 5.41) is 10.2. The predicted octanol–water partition coefficient (Wildman–Crippen LogP) is 7.70. The highest BCUT2D eigenvalue weighted by Gasteiger charge is 2.38. The fourth-order valence-electron chi connectivity index (χ4n) is 5.14. The number of carbonyl (C=O) groups is 1.